The monoisotopic (exact) mass is 283 g/mol. The third kappa shape index (κ3) is 4.32. The number of aryl methyl sites for hydroxylation is 2. The molecule has 0 spiro atoms. The average molecular weight is 283 g/mol. The Morgan fingerprint density at radius 2 is 1.63 bits per heavy atom. The fourth-order valence-corrected chi connectivity index (χ4v) is 2.25. The molecule has 0 fully saturated rings. The first-order valence-electron chi connectivity index (χ1n) is 6.54. The SMILES string of the molecule is Cc1cc(C)cc(C(C)NCC(C)(C)S(C)(=O)=O)c1. The molecule has 0 aliphatic rings. The topological polar surface area (TPSA) is 46.2 Å². The maximum atomic E-state index is 11.7. The van der Waals surface area contributed by atoms with Crippen molar-refractivity contribution in [2.24, 2.45) is 0 Å². The van der Waals surface area contributed by atoms with E-state index in [9.17, 15) is 8.42 Å². The van der Waals surface area contributed by atoms with Gasteiger partial charge in [0, 0.05) is 18.8 Å². The van der Waals surface area contributed by atoms with Gasteiger partial charge in [0.15, 0.2) is 9.84 Å². The minimum Gasteiger partial charge on any atom is -0.309 e. The molecule has 1 unspecified atom stereocenters. The van der Waals surface area contributed by atoms with Crippen LogP contribution in [0.25, 0.3) is 0 Å². The molecular weight excluding hydrogens is 258 g/mol. The summed E-state index contributed by atoms with van der Waals surface area (Å²) in [7, 11) is -3.06. The Morgan fingerprint density at radius 1 is 1.16 bits per heavy atom. The predicted molar refractivity (Wildman–Crippen MR) is 81.3 cm³/mol. The number of sulfone groups is 1. The Kier molecular flexibility index (Phi) is 4.80. The normalized spacial score (nSPS) is 14.4. The summed E-state index contributed by atoms with van der Waals surface area (Å²) in [6, 6.07) is 6.55. The summed E-state index contributed by atoms with van der Waals surface area (Å²) >= 11 is 0. The van der Waals surface area contributed by atoms with Gasteiger partial charge < -0.3 is 5.32 Å². The molecule has 1 aromatic rings. The van der Waals surface area contributed by atoms with Crippen molar-refractivity contribution in [2.45, 2.75) is 45.4 Å². The van der Waals surface area contributed by atoms with Crippen LogP contribution in [0.5, 0.6) is 0 Å². The van der Waals surface area contributed by atoms with Gasteiger partial charge in [0.05, 0.1) is 4.75 Å². The van der Waals surface area contributed by atoms with Crippen molar-refractivity contribution in [3.05, 3.63) is 34.9 Å². The van der Waals surface area contributed by atoms with Gasteiger partial charge in [0.2, 0.25) is 0 Å². The average Bonchev–Trinajstić information content (AvgIpc) is 2.23. The molecule has 19 heavy (non-hydrogen) atoms. The van der Waals surface area contributed by atoms with Gasteiger partial charge in [-0.1, -0.05) is 29.3 Å². The summed E-state index contributed by atoms with van der Waals surface area (Å²) in [5.41, 5.74) is 3.65. The molecule has 1 aromatic carbocycles. The molecule has 0 heterocycles. The quantitative estimate of drug-likeness (QED) is 0.904. The Bertz CT molecular complexity index is 527. The van der Waals surface area contributed by atoms with Crippen molar-refractivity contribution in [1.82, 2.24) is 5.32 Å². The summed E-state index contributed by atoms with van der Waals surface area (Å²) in [5.74, 6) is 0. The molecule has 0 amide bonds. The van der Waals surface area contributed by atoms with Crippen molar-refractivity contribution in [1.29, 1.82) is 0 Å². The van der Waals surface area contributed by atoms with Gasteiger partial charge in [-0.2, -0.15) is 0 Å². The van der Waals surface area contributed by atoms with E-state index in [0.717, 1.165) is 0 Å². The lowest BCUT2D eigenvalue weighted by Crippen LogP contribution is -2.42. The van der Waals surface area contributed by atoms with Crippen molar-refractivity contribution in [2.75, 3.05) is 12.8 Å². The zero-order chi connectivity index (χ0) is 14.8. The smallest absolute Gasteiger partial charge is 0.153 e. The van der Waals surface area contributed by atoms with Gasteiger partial charge in [-0.3, -0.25) is 0 Å². The van der Waals surface area contributed by atoms with Crippen LogP contribution in [0.3, 0.4) is 0 Å². The second-order valence-corrected chi connectivity index (χ2v) is 8.70. The molecule has 0 saturated carbocycles. The number of hydrogen-bond donors (Lipinski definition) is 1. The Morgan fingerprint density at radius 3 is 2.05 bits per heavy atom. The molecule has 0 bridgehead atoms. The van der Waals surface area contributed by atoms with E-state index in [0.29, 0.717) is 6.54 Å². The Labute approximate surface area is 117 Å². The van der Waals surface area contributed by atoms with E-state index in [1.165, 1.54) is 22.9 Å². The zero-order valence-corrected chi connectivity index (χ0v) is 13.6. The fraction of sp³-hybridized carbons (Fsp3) is 0.600. The molecular formula is C15H25NO2S. The van der Waals surface area contributed by atoms with Crippen LogP contribution in [0.4, 0.5) is 0 Å². The zero-order valence-electron chi connectivity index (χ0n) is 12.7. The summed E-state index contributed by atoms with van der Waals surface area (Å²) in [5, 5.41) is 3.32. The van der Waals surface area contributed by atoms with Crippen LogP contribution < -0.4 is 5.32 Å². The first kappa shape index (κ1) is 16.2. The molecule has 0 aliphatic carbocycles. The van der Waals surface area contributed by atoms with Crippen molar-refractivity contribution in [3.63, 3.8) is 0 Å². The van der Waals surface area contributed by atoms with Crippen LogP contribution in [0.1, 0.15) is 43.5 Å². The van der Waals surface area contributed by atoms with Crippen LogP contribution in [0.15, 0.2) is 18.2 Å². The van der Waals surface area contributed by atoms with Crippen LogP contribution in [0.2, 0.25) is 0 Å². The Hall–Kier alpha value is -0.870. The molecule has 0 radical (unpaired) electrons. The van der Waals surface area contributed by atoms with E-state index in [4.69, 9.17) is 0 Å². The summed E-state index contributed by atoms with van der Waals surface area (Å²) in [4.78, 5) is 0. The lowest BCUT2D eigenvalue weighted by molar-refractivity contribution is 0.488. The molecule has 0 saturated heterocycles. The fourth-order valence-electron chi connectivity index (χ4n) is 1.91. The van der Waals surface area contributed by atoms with Gasteiger partial charge in [-0.25, -0.2) is 8.42 Å². The van der Waals surface area contributed by atoms with Gasteiger partial charge in [-0.15, -0.1) is 0 Å². The van der Waals surface area contributed by atoms with E-state index in [1.54, 1.807) is 13.8 Å². The third-order valence-electron chi connectivity index (χ3n) is 3.58. The molecule has 0 aliphatic heterocycles. The maximum Gasteiger partial charge on any atom is 0.153 e. The molecule has 1 atom stereocenters. The van der Waals surface area contributed by atoms with E-state index in [1.807, 2.05) is 0 Å². The second-order valence-electron chi connectivity index (χ2n) is 6.06. The van der Waals surface area contributed by atoms with E-state index >= 15 is 0 Å². The lowest BCUT2D eigenvalue weighted by atomic mass is 10.0. The minimum atomic E-state index is -3.06. The van der Waals surface area contributed by atoms with Gasteiger partial charge in [0.25, 0.3) is 0 Å². The van der Waals surface area contributed by atoms with Crippen LogP contribution in [0, 0.1) is 13.8 Å². The highest BCUT2D eigenvalue weighted by Crippen LogP contribution is 2.19. The number of benzene rings is 1. The largest absolute Gasteiger partial charge is 0.309 e. The van der Waals surface area contributed by atoms with Gasteiger partial charge >= 0.3 is 0 Å². The number of nitrogens with one attached hydrogen (secondary N) is 1. The van der Waals surface area contributed by atoms with Crippen LogP contribution >= 0.6 is 0 Å². The third-order valence-corrected chi connectivity index (χ3v) is 5.73. The summed E-state index contributed by atoms with van der Waals surface area (Å²) < 4.78 is 22.6. The lowest BCUT2D eigenvalue weighted by Gasteiger charge is -2.25. The van der Waals surface area contributed by atoms with Gasteiger partial charge in [0.1, 0.15) is 0 Å². The standard InChI is InChI=1S/C15H25NO2S/c1-11-7-12(2)9-14(8-11)13(3)16-10-15(4,5)19(6,17)18/h7-9,13,16H,10H2,1-6H3. The van der Waals surface area contributed by atoms with Crippen molar-refractivity contribution < 1.29 is 8.42 Å². The highest BCUT2D eigenvalue weighted by molar-refractivity contribution is 7.92. The molecule has 0 aromatic heterocycles. The summed E-state index contributed by atoms with van der Waals surface area (Å²) in [6.45, 7) is 10.2. The number of rotatable bonds is 5. The Balaban J connectivity index is 2.78. The maximum absolute atomic E-state index is 11.7. The first-order chi connectivity index (χ1) is 8.53. The highest BCUT2D eigenvalue weighted by atomic mass is 32.2. The van der Waals surface area contributed by atoms with Crippen molar-refractivity contribution >= 4 is 9.84 Å². The minimum absolute atomic E-state index is 0.139. The summed E-state index contributed by atoms with van der Waals surface area (Å²) in [6.07, 6.45) is 1.29. The molecule has 3 nitrogen and oxygen atoms in total. The van der Waals surface area contributed by atoms with Crippen LogP contribution in [-0.2, 0) is 9.84 Å². The van der Waals surface area contributed by atoms with Crippen molar-refractivity contribution in [3.8, 4) is 0 Å². The molecule has 1 N–H and O–H groups in total. The highest BCUT2D eigenvalue weighted by Gasteiger charge is 2.30. The first-order valence-corrected chi connectivity index (χ1v) is 8.43. The molecule has 108 valence electrons. The number of hydrogen-bond acceptors (Lipinski definition) is 3. The predicted octanol–water partition coefficient (Wildman–Crippen LogP) is 2.78. The molecule has 1 rings (SSSR count). The molecule has 4 heteroatoms. The van der Waals surface area contributed by atoms with Crippen LogP contribution in [-0.4, -0.2) is 26.0 Å². The second kappa shape index (κ2) is 5.63. The van der Waals surface area contributed by atoms with Gasteiger partial charge in [-0.05, 0) is 40.2 Å². The van der Waals surface area contributed by atoms with E-state index in [2.05, 4.69) is 44.3 Å². The van der Waals surface area contributed by atoms with E-state index < -0.39 is 14.6 Å². The van der Waals surface area contributed by atoms with E-state index in [-0.39, 0.29) is 6.04 Å².